The van der Waals surface area contributed by atoms with E-state index in [1.165, 1.54) is 24.0 Å². The van der Waals surface area contributed by atoms with Gasteiger partial charge in [0.25, 0.3) is 0 Å². The third kappa shape index (κ3) is 3.66. The zero-order valence-corrected chi connectivity index (χ0v) is 12.4. The Morgan fingerprint density at radius 1 is 1.22 bits per heavy atom. The molecule has 1 atom stereocenters. The van der Waals surface area contributed by atoms with Crippen LogP contribution in [0.4, 0.5) is 0 Å². The fourth-order valence-corrected chi connectivity index (χ4v) is 3.34. The van der Waals surface area contributed by atoms with Crippen LogP contribution in [0.2, 0.25) is 0 Å². The molecule has 0 spiro atoms. The molecule has 1 aliphatic rings. The summed E-state index contributed by atoms with van der Waals surface area (Å²) in [7, 11) is -0.873. The molecular formula is C15H23NOS. The van der Waals surface area contributed by atoms with Gasteiger partial charge in [-0.2, -0.15) is 0 Å². The number of nitrogens with one attached hydrogen (secondary N) is 1. The molecule has 0 saturated carbocycles. The Hall–Kier alpha value is -0.670. The number of fused-ring (bicyclic) bond motifs is 1. The second-order valence-corrected chi connectivity index (χ2v) is 7.58. The maximum atomic E-state index is 12.2. The van der Waals surface area contributed by atoms with Gasteiger partial charge in [0.2, 0.25) is 0 Å². The van der Waals surface area contributed by atoms with Crippen LogP contribution in [0, 0.1) is 0 Å². The first-order valence-corrected chi connectivity index (χ1v) is 8.03. The summed E-state index contributed by atoms with van der Waals surface area (Å²) in [5.41, 5.74) is 2.95. The fraction of sp³-hybridized carbons (Fsp3) is 0.600. The van der Waals surface area contributed by atoms with Gasteiger partial charge in [0.15, 0.2) is 0 Å². The van der Waals surface area contributed by atoms with Crippen LogP contribution in [0.3, 0.4) is 0 Å². The standard InChI is InChI=1S/C15H23NOS/c1-15(2,3)16-9-10-18(17)14-8-7-12-5-4-6-13(12)11-14/h7-8,11,16H,4-6,9-10H2,1-3H3. The van der Waals surface area contributed by atoms with Crippen molar-refractivity contribution in [2.75, 3.05) is 12.3 Å². The normalized spacial score (nSPS) is 16.6. The Labute approximate surface area is 113 Å². The lowest BCUT2D eigenvalue weighted by molar-refractivity contribution is 0.440. The van der Waals surface area contributed by atoms with Crippen molar-refractivity contribution < 1.29 is 4.21 Å². The highest BCUT2D eigenvalue weighted by atomic mass is 32.2. The van der Waals surface area contributed by atoms with E-state index in [0.29, 0.717) is 5.75 Å². The first-order chi connectivity index (χ1) is 8.46. The summed E-state index contributed by atoms with van der Waals surface area (Å²) in [6.07, 6.45) is 3.59. The van der Waals surface area contributed by atoms with Gasteiger partial charge in [-0.25, -0.2) is 0 Å². The molecule has 0 fully saturated rings. The Balaban J connectivity index is 1.93. The average molecular weight is 265 g/mol. The first-order valence-electron chi connectivity index (χ1n) is 6.71. The number of rotatable bonds is 4. The molecular weight excluding hydrogens is 242 g/mol. The van der Waals surface area contributed by atoms with Crippen molar-refractivity contribution in [1.82, 2.24) is 5.32 Å². The minimum absolute atomic E-state index is 0.0993. The van der Waals surface area contributed by atoms with Crippen molar-refractivity contribution in [2.45, 2.75) is 50.5 Å². The van der Waals surface area contributed by atoms with Gasteiger partial charge in [-0.3, -0.25) is 4.21 Å². The highest BCUT2D eigenvalue weighted by molar-refractivity contribution is 7.85. The van der Waals surface area contributed by atoms with E-state index in [1.807, 2.05) is 6.07 Å². The third-order valence-electron chi connectivity index (χ3n) is 3.28. The molecule has 100 valence electrons. The summed E-state index contributed by atoms with van der Waals surface area (Å²) in [4.78, 5) is 0.992. The predicted octanol–water partition coefficient (Wildman–Crippen LogP) is 2.67. The van der Waals surface area contributed by atoms with Crippen LogP contribution in [0.1, 0.15) is 38.3 Å². The number of aryl methyl sites for hydroxylation is 2. The van der Waals surface area contributed by atoms with Crippen molar-refractivity contribution in [1.29, 1.82) is 0 Å². The Kier molecular flexibility index (Phi) is 4.23. The lowest BCUT2D eigenvalue weighted by Crippen LogP contribution is -2.38. The minimum atomic E-state index is -0.873. The highest BCUT2D eigenvalue weighted by Gasteiger charge is 2.14. The van der Waals surface area contributed by atoms with E-state index in [9.17, 15) is 4.21 Å². The summed E-state index contributed by atoms with van der Waals surface area (Å²) < 4.78 is 12.2. The molecule has 0 aromatic heterocycles. The zero-order chi connectivity index (χ0) is 13.2. The van der Waals surface area contributed by atoms with Crippen LogP contribution in [0.15, 0.2) is 23.1 Å². The van der Waals surface area contributed by atoms with Crippen LogP contribution >= 0.6 is 0 Å². The van der Waals surface area contributed by atoms with Gasteiger partial charge in [-0.15, -0.1) is 0 Å². The molecule has 2 rings (SSSR count). The van der Waals surface area contributed by atoms with E-state index >= 15 is 0 Å². The first kappa shape index (κ1) is 13.8. The van der Waals surface area contributed by atoms with Gasteiger partial charge in [-0.1, -0.05) is 6.07 Å². The molecule has 2 nitrogen and oxygen atoms in total. The van der Waals surface area contributed by atoms with Crippen LogP contribution in [-0.4, -0.2) is 22.0 Å². The summed E-state index contributed by atoms with van der Waals surface area (Å²) in [6.45, 7) is 7.19. The summed E-state index contributed by atoms with van der Waals surface area (Å²) in [5, 5.41) is 3.38. The number of benzene rings is 1. The molecule has 0 saturated heterocycles. The van der Waals surface area contributed by atoms with Crippen LogP contribution in [0.5, 0.6) is 0 Å². The molecule has 1 unspecified atom stereocenters. The molecule has 1 N–H and O–H groups in total. The van der Waals surface area contributed by atoms with Gasteiger partial charge in [0.05, 0.1) is 10.8 Å². The van der Waals surface area contributed by atoms with Crippen molar-refractivity contribution in [3.8, 4) is 0 Å². The maximum absolute atomic E-state index is 12.2. The molecule has 0 radical (unpaired) electrons. The maximum Gasteiger partial charge on any atom is 0.0542 e. The zero-order valence-electron chi connectivity index (χ0n) is 11.6. The molecule has 1 aromatic carbocycles. The smallest absolute Gasteiger partial charge is 0.0542 e. The Morgan fingerprint density at radius 2 is 1.94 bits per heavy atom. The molecule has 0 aliphatic heterocycles. The van der Waals surface area contributed by atoms with Crippen molar-refractivity contribution in [2.24, 2.45) is 0 Å². The fourth-order valence-electron chi connectivity index (χ4n) is 2.33. The SMILES string of the molecule is CC(C)(C)NCCS(=O)c1ccc2c(c1)CCC2. The van der Waals surface area contributed by atoms with E-state index in [4.69, 9.17) is 0 Å². The quantitative estimate of drug-likeness (QED) is 0.907. The molecule has 3 heteroatoms. The van der Waals surface area contributed by atoms with Crippen molar-refractivity contribution in [3.05, 3.63) is 29.3 Å². The van der Waals surface area contributed by atoms with Gasteiger partial charge >= 0.3 is 0 Å². The lowest BCUT2D eigenvalue weighted by Gasteiger charge is -2.20. The van der Waals surface area contributed by atoms with Gasteiger partial charge in [0.1, 0.15) is 0 Å². The predicted molar refractivity (Wildman–Crippen MR) is 77.5 cm³/mol. The Bertz CT molecular complexity index is 448. The summed E-state index contributed by atoms with van der Waals surface area (Å²) in [6, 6.07) is 6.35. The number of hydrogen-bond acceptors (Lipinski definition) is 2. The molecule has 0 heterocycles. The van der Waals surface area contributed by atoms with Gasteiger partial charge in [-0.05, 0) is 63.3 Å². The lowest BCUT2D eigenvalue weighted by atomic mass is 10.1. The third-order valence-corrected chi connectivity index (χ3v) is 4.63. The molecule has 0 bridgehead atoms. The van der Waals surface area contributed by atoms with E-state index in [-0.39, 0.29) is 5.54 Å². The van der Waals surface area contributed by atoms with E-state index in [0.717, 1.165) is 17.9 Å². The molecule has 0 amide bonds. The molecule has 1 aromatic rings. The minimum Gasteiger partial charge on any atom is -0.311 e. The average Bonchev–Trinajstić information content (AvgIpc) is 2.73. The highest BCUT2D eigenvalue weighted by Crippen LogP contribution is 2.24. The van der Waals surface area contributed by atoms with Crippen molar-refractivity contribution >= 4 is 10.8 Å². The summed E-state index contributed by atoms with van der Waals surface area (Å²) >= 11 is 0. The summed E-state index contributed by atoms with van der Waals surface area (Å²) in [5.74, 6) is 0.691. The molecule has 18 heavy (non-hydrogen) atoms. The second kappa shape index (κ2) is 5.54. The van der Waals surface area contributed by atoms with E-state index in [2.05, 4.69) is 38.2 Å². The van der Waals surface area contributed by atoms with Crippen LogP contribution < -0.4 is 5.32 Å². The number of hydrogen-bond donors (Lipinski definition) is 1. The monoisotopic (exact) mass is 265 g/mol. The van der Waals surface area contributed by atoms with Gasteiger partial charge in [0, 0.05) is 22.7 Å². The largest absolute Gasteiger partial charge is 0.311 e. The topological polar surface area (TPSA) is 29.1 Å². The molecule has 1 aliphatic carbocycles. The van der Waals surface area contributed by atoms with Gasteiger partial charge < -0.3 is 5.32 Å². The van der Waals surface area contributed by atoms with Crippen LogP contribution in [-0.2, 0) is 23.6 Å². The Morgan fingerprint density at radius 3 is 2.67 bits per heavy atom. The second-order valence-electron chi connectivity index (χ2n) is 6.01. The van der Waals surface area contributed by atoms with Crippen LogP contribution in [0.25, 0.3) is 0 Å². The van der Waals surface area contributed by atoms with E-state index in [1.54, 1.807) is 0 Å². The van der Waals surface area contributed by atoms with Crippen molar-refractivity contribution in [3.63, 3.8) is 0 Å². The van der Waals surface area contributed by atoms with E-state index < -0.39 is 10.8 Å².